The van der Waals surface area contributed by atoms with Crippen LogP contribution in [0, 0.1) is 17.6 Å². The number of nitrogens with one attached hydrogen (secondary N) is 2. The van der Waals surface area contributed by atoms with E-state index in [0.29, 0.717) is 11.5 Å². The Morgan fingerprint density at radius 2 is 1.62 bits per heavy atom. The van der Waals surface area contributed by atoms with Crippen molar-refractivity contribution < 1.29 is 27.8 Å². The fraction of sp³-hybridized carbons (Fsp3) is 0.333. The number of benzene rings is 2. The molecule has 0 heterocycles. The molecule has 1 atom stereocenters. The predicted octanol–water partition coefficient (Wildman–Crippen LogP) is 2.92. The van der Waals surface area contributed by atoms with E-state index in [4.69, 9.17) is 9.47 Å². The van der Waals surface area contributed by atoms with Crippen LogP contribution >= 0.6 is 0 Å². The Bertz CT molecular complexity index is 838. The van der Waals surface area contributed by atoms with Crippen LogP contribution in [0.3, 0.4) is 0 Å². The van der Waals surface area contributed by atoms with Crippen LogP contribution in [0.15, 0.2) is 42.5 Å². The van der Waals surface area contributed by atoms with Gasteiger partial charge < -0.3 is 20.1 Å². The molecule has 0 bridgehead atoms. The maximum absolute atomic E-state index is 13.8. The summed E-state index contributed by atoms with van der Waals surface area (Å²) < 4.78 is 38.3. The highest BCUT2D eigenvalue weighted by atomic mass is 19.1. The van der Waals surface area contributed by atoms with Crippen LogP contribution in [0.1, 0.15) is 24.2 Å². The van der Waals surface area contributed by atoms with Crippen molar-refractivity contribution in [1.82, 2.24) is 10.6 Å². The van der Waals surface area contributed by atoms with Crippen molar-refractivity contribution in [3.05, 3.63) is 59.7 Å². The van der Waals surface area contributed by atoms with E-state index < -0.39 is 35.1 Å². The van der Waals surface area contributed by atoms with E-state index in [1.165, 1.54) is 7.11 Å². The summed E-state index contributed by atoms with van der Waals surface area (Å²) in [4.78, 5) is 24.7. The fourth-order valence-electron chi connectivity index (χ4n) is 2.65. The molecular formula is C21H24F2N2O4. The summed E-state index contributed by atoms with van der Waals surface area (Å²) in [7, 11) is 1.53. The van der Waals surface area contributed by atoms with Gasteiger partial charge in [0.05, 0.1) is 13.7 Å². The summed E-state index contributed by atoms with van der Waals surface area (Å²) in [6.07, 6.45) is 0. The van der Waals surface area contributed by atoms with Crippen LogP contribution in [0.5, 0.6) is 11.5 Å². The second-order valence-corrected chi connectivity index (χ2v) is 6.58. The number of amides is 2. The lowest BCUT2D eigenvalue weighted by Gasteiger charge is -2.22. The zero-order chi connectivity index (χ0) is 21.4. The summed E-state index contributed by atoms with van der Waals surface area (Å²) in [5.74, 6) is -2.64. The summed E-state index contributed by atoms with van der Waals surface area (Å²) in [6, 6.07) is 9.25. The first-order valence-electron chi connectivity index (χ1n) is 9.13. The van der Waals surface area contributed by atoms with Gasteiger partial charge in [-0.15, -0.1) is 0 Å². The minimum absolute atomic E-state index is 0.171. The van der Waals surface area contributed by atoms with Crippen molar-refractivity contribution in [3.63, 3.8) is 0 Å². The zero-order valence-corrected chi connectivity index (χ0v) is 16.5. The van der Waals surface area contributed by atoms with E-state index in [-0.39, 0.29) is 19.1 Å². The number of carbonyl (C=O) groups is 2. The molecule has 0 fully saturated rings. The Kier molecular flexibility index (Phi) is 7.94. The van der Waals surface area contributed by atoms with Crippen LogP contribution in [0.25, 0.3) is 0 Å². The second kappa shape index (κ2) is 10.4. The third kappa shape index (κ3) is 5.91. The van der Waals surface area contributed by atoms with Crippen LogP contribution in [0.4, 0.5) is 8.78 Å². The summed E-state index contributed by atoms with van der Waals surface area (Å²) in [6.45, 7) is 3.78. The SMILES string of the molecule is COc1ccccc1OCCNC(=O)C(NC(=O)c1c(F)cccc1F)C(C)C. The summed E-state index contributed by atoms with van der Waals surface area (Å²) >= 11 is 0. The number of rotatable bonds is 9. The molecule has 6 nitrogen and oxygen atoms in total. The Balaban J connectivity index is 1.93. The van der Waals surface area contributed by atoms with Gasteiger partial charge in [-0.3, -0.25) is 9.59 Å². The number of halogens is 2. The highest BCUT2D eigenvalue weighted by Crippen LogP contribution is 2.25. The average molecular weight is 406 g/mol. The topological polar surface area (TPSA) is 76.7 Å². The largest absolute Gasteiger partial charge is 0.493 e. The second-order valence-electron chi connectivity index (χ2n) is 6.58. The monoisotopic (exact) mass is 406 g/mol. The normalized spacial score (nSPS) is 11.7. The molecule has 2 aromatic rings. The minimum atomic E-state index is -0.990. The third-order valence-corrected chi connectivity index (χ3v) is 4.15. The number of carbonyl (C=O) groups excluding carboxylic acids is 2. The van der Waals surface area contributed by atoms with Gasteiger partial charge in [0.2, 0.25) is 5.91 Å². The molecule has 0 saturated carbocycles. The van der Waals surface area contributed by atoms with Crippen molar-refractivity contribution in [1.29, 1.82) is 0 Å². The lowest BCUT2D eigenvalue weighted by atomic mass is 10.0. The van der Waals surface area contributed by atoms with Gasteiger partial charge >= 0.3 is 0 Å². The maximum Gasteiger partial charge on any atom is 0.257 e. The van der Waals surface area contributed by atoms with Crippen LogP contribution < -0.4 is 20.1 Å². The van der Waals surface area contributed by atoms with E-state index in [9.17, 15) is 18.4 Å². The molecule has 0 aliphatic carbocycles. The highest BCUT2D eigenvalue weighted by Gasteiger charge is 2.27. The van der Waals surface area contributed by atoms with Crippen molar-refractivity contribution in [2.24, 2.45) is 5.92 Å². The highest BCUT2D eigenvalue weighted by molar-refractivity contribution is 5.98. The van der Waals surface area contributed by atoms with Crippen LogP contribution in [-0.2, 0) is 4.79 Å². The lowest BCUT2D eigenvalue weighted by molar-refractivity contribution is -0.124. The molecule has 1 unspecified atom stereocenters. The Hall–Kier alpha value is -3.16. The first kappa shape index (κ1) is 22.1. The maximum atomic E-state index is 13.8. The summed E-state index contributed by atoms with van der Waals surface area (Å²) in [5, 5.41) is 5.05. The van der Waals surface area contributed by atoms with Crippen molar-refractivity contribution in [2.45, 2.75) is 19.9 Å². The summed E-state index contributed by atoms with van der Waals surface area (Å²) in [5.41, 5.74) is -0.717. The molecule has 2 aromatic carbocycles. The van der Waals surface area contributed by atoms with Crippen molar-refractivity contribution in [3.8, 4) is 11.5 Å². The van der Waals surface area contributed by atoms with Gasteiger partial charge in [0.15, 0.2) is 11.5 Å². The number of ether oxygens (including phenoxy) is 2. The molecule has 0 aliphatic rings. The van der Waals surface area contributed by atoms with Gasteiger partial charge in [-0.2, -0.15) is 0 Å². The lowest BCUT2D eigenvalue weighted by Crippen LogP contribution is -2.50. The average Bonchev–Trinajstić information content (AvgIpc) is 2.69. The van der Waals surface area contributed by atoms with Crippen LogP contribution in [-0.4, -0.2) is 38.1 Å². The molecule has 2 rings (SSSR count). The molecule has 0 spiro atoms. The number of hydrogen-bond acceptors (Lipinski definition) is 4. The predicted molar refractivity (Wildman–Crippen MR) is 104 cm³/mol. The van der Waals surface area contributed by atoms with E-state index >= 15 is 0 Å². The quantitative estimate of drug-likeness (QED) is 0.628. The van der Waals surface area contributed by atoms with E-state index in [1.54, 1.807) is 32.0 Å². The van der Waals surface area contributed by atoms with Crippen molar-refractivity contribution in [2.75, 3.05) is 20.3 Å². The Morgan fingerprint density at radius 3 is 2.21 bits per heavy atom. The molecule has 0 aliphatic heterocycles. The molecule has 0 radical (unpaired) electrons. The molecule has 0 aromatic heterocycles. The minimum Gasteiger partial charge on any atom is -0.493 e. The molecule has 29 heavy (non-hydrogen) atoms. The van der Waals surface area contributed by atoms with Gasteiger partial charge in [0.1, 0.15) is 29.8 Å². The number of hydrogen-bond donors (Lipinski definition) is 2. The number of para-hydroxylation sites is 2. The molecular weight excluding hydrogens is 382 g/mol. The standard InChI is InChI=1S/C21H24F2N2O4/c1-13(2)19(25-20(26)18-14(22)7-6-8-15(18)23)21(27)24-11-12-29-17-10-5-4-9-16(17)28-3/h4-10,13,19H,11-12H2,1-3H3,(H,24,27)(H,25,26). The van der Waals surface area contributed by atoms with Gasteiger partial charge in [0, 0.05) is 0 Å². The smallest absolute Gasteiger partial charge is 0.257 e. The van der Waals surface area contributed by atoms with Crippen molar-refractivity contribution >= 4 is 11.8 Å². The molecule has 156 valence electrons. The van der Waals surface area contributed by atoms with E-state index in [0.717, 1.165) is 18.2 Å². The van der Waals surface area contributed by atoms with Gasteiger partial charge in [-0.25, -0.2) is 8.78 Å². The Morgan fingerprint density at radius 1 is 1.00 bits per heavy atom. The Labute approximate surface area is 168 Å². The number of methoxy groups -OCH3 is 1. The van der Waals surface area contributed by atoms with E-state index in [2.05, 4.69) is 10.6 Å². The molecule has 2 N–H and O–H groups in total. The van der Waals surface area contributed by atoms with Gasteiger partial charge in [-0.05, 0) is 30.2 Å². The zero-order valence-electron chi connectivity index (χ0n) is 16.5. The molecule has 0 saturated heterocycles. The van der Waals surface area contributed by atoms with Crippen LogP contribution in [0.2, 0.25) is 0 Å². The van der Waals surface area contributed by atoms with Gasteiger partial charge in [-0.1, -0.05) is 32.0 Å². The third-order valence-electron chi connectivity index (χ3n) is 4.15. The van der Waals surface area contributed by atoms with Gasteiger partial charge in [0.25, 0.3) is 5.91 Å². The fourth-order valence-corrected chi connectivity index (χ4v) is 2.65. The molecule has 8 heteroatoms. The first-order valence-corrected chi connectivity index (χ1v) is 9.13. The first-order chi connectivity index (χ1) is 13.8. The molecule has 2 amide bonds. The van der Waals surface area contributed by atoms with E-state index in [1.807, 2.05) is 6.07 Å².